The topological polar surface area (TPSA) is 55.1 Å². The largest absolute Gasteiger partial charge is 0.354 e. The van der Waals surface area contributed by atoms with Crippen LogP contribution in [0.2, 0.25) is 0 Å². The van der Waals surface area contributed by atoms with Gasteiger partial charge in [-0.25, -0.2) is 0 Å². The molecule has 2 unspecified atom stereocenters. The Morgan fingerprint density at radius 3 is 2.80 bits per heavy atom. The Balaban J connectivity index is 1.85. The molecular formula is C12H22N2O. The zero-order chi connectivity index (χ0) is 10.9. The minimum atomic E-state index is -0.577. The van der Waals surface area contributed by atoms with Crippen LogP contribution in [-0.2, 0) is 4.79 Å². The molecule has 0 aliphatic heterocycles. The maximum absolute atomic E-state index is 12.0. The average molecular weight is 210 g/mol. The molecule has 0 bridgehead atoms. The minimum absolute atomic E-state index is 0.0842. The Bertz CT molecular complexity index is 250. The van der Waals surface area contributed by atoms with Crippen molar-refractivity contribution < 1.29 is 4.79 Å². The van der Waals surface area contributed by atoms with Crippen molar-refractivity contribution in [1.82, 2.24) is 5.32 Å². The molecule has 0 aromatic heterocycles. The van der Waals surface area contributed by atoms with Gasteiger partial charge in [0.1, 0.15) is 0 Å². The maximum atomic E-state index is 12.0. The smallest absolute Gasteiger partial charge is 0.240 e. The summed E-state index contributed by atoms with van der Waals surface area (Å²) in [6.07, 6.45) is 6.56. The number of nitrogens with two attached hydrogens (primary N) is 1. The summed E-state index contributed by atoms with van der Waals surface area (Å²) in [5.74, 6) is 1.41. The quantitative estimate of drug-likeness (QED) is 0.740. The third-order valence-corrected chi connectivity index (χ3v) is 3.73. The van der Waals surface area contributed by atoms with Crippen LogP contribution in [0.4, 0.5) is 0 Å². The lowest BCUT2D eigenvalue weighted by atomic mass is 9.76. The molecule has 1 amide bonds. The van der Waals surface area contributed by atoms with Crippen molar-refractivity contribution in [2.45, 2.75) is 51.0 Å². The molecule has 2 aliphatic rings. The fourth-order valence-electron chi connectivity index (χ4n) is 2.53. The summed E-state index contributed by atoms with van der Waals surface area (Å²) in [4.78, 5) is 12.0. The van der Waals surface area contributed by atoms with E-state index in [1.54, 1.807) is 0 Å². The van der Waals surface area contributed by atoms with Crippen molar-refractivity contribution in [2.75, 3.05) is 6.54 Å². The van der Waals surface area contributed by atoms with Gasteiger partial charge in [-0.1, -0.05) is 19.8 Å². The predicted molar refractivity (Wildman–Crippen MR) is 60.3 cm³/mol. The fraction of sp³-hybridized carbons (Fsp3) is 0.917. The van der Waals surface area contributed by atoms with Gasteiger partial charge in [0, 0.05) is 6.54 Å². The molecule has 0 aromatic carbocycles. The van der Waals surface area contributed by atoms with Crippen LogP contribution >= 0.6 is 0 Å². The molecule has 2 atom stereocenters. The van der Waals surface area contributed by atoms with Crippen molar-refractivity contribution >= 4 is 5.91 Å². The van der Waals surface area contributed by atoms with Crippen molar-refractivity contribution in [3.05, 3.63) is 0 Å². The van der Waals surface area contributed by atoms with Gasteiger partial charge in [-0.05, 0) is 37.5 Å². The highest BCUT2D eigenvalue weighted by molar-refractivity contribution is 5.86. The first-order valence-electron chi connectivity index (χ1n) is 6.17. The van der Waals surface area contributed by atoms with E-state index in [9.17, 15) is 4.79 Å². The van der Waals surface area contributed by atoms with Gasteiger partial charge in [0.2, 0.25) is 5.91 Å². The SMILES string of the molecule is CC1CCCC(N)(C(=O)NCC2CC2)C1. The van der Waals surface area contributed by atoms with E-state index in [0.29, 0.717) is 5.92 Å². The first-order valence-corrected chi connectivity index (χ1v) is 6.17. The Labute approximate surface area is 91.8 Å². The van der Waals surface area contributed by atoms with Crippen LogP contribution in [0.5, 0.6) is 0 Å². The van der Waals surface area contributed by atoms with E-state index in [-0.39, 0.29) is 5.91 Å². The van der Waals surface area contributed by atoms with Gasteiger partial charge in [-0.3, -0.25) is 4.79 Å². The van der Waals surface area contributed by atoms with E-state index in [0.717, 1.165) is 31.7 Å². The third kappa shape index (κ3) is 2.71. The first kappa shape index (κ1) is 10.9. The lowest BCUT2D eigenvalue weighted by molar-refractivity contribution is -0.128. The number of rotatable bonds is 3. The van der Waals surface area contributed by atoms with Gasteiger partial charge in [-0.2, -0.15) is 0 Å². The van der Waals surface area contributed by atoms with Crippen LogP contribution in [0.1, 0.15) is 45.4 Å². The molecule has 0 saturated heterocycles. The van der Waals surface area contributed by atoms with Crippen molar-refractivity contribution in [3.63, 3.8) is 0 Å². The van der Waals surface area contributed by atoms with Gasteiger partial charge in [0.25, 0.3) is 0 Å². The van der Waals surface area contributed by atoms with Crippen LogP contribution in [-0.4, -0.2) is 18.0 Å². The second-order valence-corrected chi connectivity index (χ2v) is 5.51. The molecule has 2 fully saturated rings. The molecule has 0 aromatic rings. The highest BCUT2D eigenvalue weighted by atomic mass is 16.2. The molecule has 3 nitrogen and oxygen atoms in total. The van der Waals surface area contributed by atoms with Crippen molar-refractivity contribution in [1.29, 1.82) is 0 Å². The van der Waals surface area contributed by atoms with E-state index in [4.69, 9.17) is 5.73 Å². The zero-order valence-corrected chi connectivity index (χ0v) is 9.59. The molecule has 86 valence electrons. The number of hydrogen-bond acceptors (Lipinski definition) is 2. The van der Waals surface area contributed by atoms with E-state index >= 15 is 0 Å². The number of carbonyl (C=O) groups is 1. The Morgan fingerprint density at radius 1 is 1.47 bits per heavy atom. The fourth-order valence-corrected chi connectivity index (χ4v) is 2.53. The van der Waals surface area contributed by atoms with E-state index in [1.165, 1.54) is 19.3 Å². The molecule has 0 radical (unpaired) electrons. The van der Waals surface area contributed by atoms with Crippen molar-refractivity contribution in [2.24, 2.45) is 17.6 Å². The van der Waals surface area contributed by atoms with Crippen LogP contribution in [0, 0.1) is 11.8 Å². The summed E-state index contributed by atoms with van der Waals surface area (Å²) >= 11 is 0. The highest BCUT2D eigenvalue weighted by Crippen LogP contribution is 2.31. The van der Waals surface area contributed by atoms with E-state index in [2.05, 4.69) is 12.2 Å². The second kappa shape index (κ2) is 4.12. The summed E-state index contributed by atoms with van der Waals surface area (Å²) in [5, 5.41) is 3.01. The standard InChI is InChI=1S/C12H22N2O/c1-9-3-2-6-12(13,7-9)11(15)14-8-10-4-5-10/h9-10H,2-8,13H2,1H3,(H,14,15). The van der Waals surface area contributed by atoms with Crippen molar-refractivity contribution in [3.8, 4) is 0 Å². The van der Waals surface area contributed by atoms with Gasteiger partial charge >= 0.3 is 0 Å². The van der Waals surface area contributed by atoms with Crippen LogP contribution in [0.3, 0.4) is 0 Å². The molecule has 2 saturated carbocycles. The Morgan fingerprint density at radius 2 is 2.20 bits per heavy atom. The number of hydrogen-bond donors (Lipinski definition) is 2. The lowest BCUT2D eigenvalue weighted by Crippen LogP contribution is -2.56. The first-order chi connectivity index (χ1) is 7.10. The molecule has 2 aliphatic carbocycles. The van der Waals surface area contributed by atoms with Crippen LogP contribution in [0.25, 0.3) is 0 Å². The maximum Gasteiger partial charge on any atom is 0.240 e. The zero-order valence-electron chi connectivity index (χ0n) is 9.59. The van der Waals surface area contributed by atoms with Crippen LogP contribution < -0.4 is 11.1 Å². The van der Waals surface area contributed by atoms with E-state index in [1.807, 2.05) is 0 Å². The molecular weight excluding hydrogens is 188 g/mol. The monoisotopic (exact) mass is 210 g/mol. The summed E-state index contributed by atoms with van der Waals surface area (Å²) in [6, 6.07) is 0. The molecule has 3 N–H and O–H groups in total. The predicted octanol–water partition coefficient (Wildman–Crippen LogP) is 1.42. The summed E-state index contributed by atoms with van der Waals surface area (Å²) in [5.41, 5.74) is 5.61. The van der Waals surface area contributed by atoms with Gasteiger partial charge in [-0.15, -0.1) is 0 Å². The van der Waals surface area contributed by atoms with Gasteiger partial charge in [0.15, 0.2) is 0 Å². The highest BCUT2D eigenvalue weighted by Gasteiger charge is 2.38. The lowest BCUT2D eigenvalue weighted by Gasteiger charge is -2.35. The normalized spacial score (nSPS) is 36.3. The average Bonchev–Trinajstić information content (AvgIpc) is 2.97. The summed E-state index contributed by atoms with van der Waals surface area (Å²) < 4.78 is 0. The second-order valence-electron chi connectivity index (χ2n) is 5.51. The van der Waals surface area contributed by atoms with Gasteiger partial charge < -0.3 is 11.1 Å². The molecule has 3 heteroatoms. The molecule has 2 rings (SSSR count). The van der Waals surface area contributed by atoms with E-state index < -0.39 is 5.54 Å². The van der Waals surface area contributed by atoms with Crippen LogP contribution in [0.15, 0.2) is 0 Å². The number of amides is 1. The van der Waals surface area contributed by atoms with Gasteiger partial charge in [0.05, 0.1) is 5.54 Å². The third-order valence-electron chi connectivity index (χ3n) is 3.73. The molecule has 15 heavy (non-hydrogen) atoms. The Hall–Kier alpha value is -0.570. The minimum Gasteiger partial charge on any atom is -0.354 e. The molecule has 0 spiro atoms. The summed E-state index contributed by atoms with van der Waals surface area (Å²) in [6.45, 7) is 3.03. The number of carbonyl (C=O) groups excluding carboxylic acids is 1. The number of nitrogens with one attached hydrogen (secondary N) is 1. The summed E-state index contributed by atoms with van der Waals surface area (Å²) in [7, 11) is 0. The Kier molecular flexibility index (Phi) is 3.01. The molecule has 0 heterocycles.